The van der Waals surface area contributed by atoms with E-state index in [0.29, 0.717) is 9.49 Å². The third-order valence-corrected chi connectivity index (χ3v) is 5.85. The summed E-state index contributed by atoms with van der Waals surface area (Å²) in [5.74, 6) is -0.909. The van der Waals surface area contributed by atoms with Crippen molar-refractivity contribution < 1.29 is 9.90 Å². The van der Waals surface area contributed by atoms with E-state index in [4.69, 9.17) is 5.11 Å². The Morgan fingerprint density at radius 3 is 2.79 bits per heavy atom. The number of imidazole rings is 1. The first-order valence-corrected chi connectivity index (χ1v) is 9.56. The highest BCUT2D eigenvalue weighted by Crippen LogP contribution is 2.23. The molecule has 0 unspecified atom stereocenters. The van der Waals surface area contributed by atoms with Crippen LogP contribution in [0.1, 0.15) is 11.1 Å². The summed E-state index contributed by atoms with van der Waals surface area (Å²) in [5.41, 5.74) is 4.22. The summed E-state index contributed by atoms with van der Waals surface area (Å²) in [6.07, 6.45) is 3.60. The Morgan fingerprint density at radius 1 is 1.18 bits per heavy atom. The predicted molar refractivity (Wildman–Crippen MR) is 110 cm³/mol. The SMILES string of the molecule is Cc1cccc2c1nc1sc(=Cc3cn(CC(=O)O)c4ccccc34)c(=O)n12. The van der Waals surface area contributed by atoms with Gasteiger partial charge < -0.3 is 9.67 Å². The van der Waals surface area contributed by atoms with Gasteiger partial charge in [-0.15, -0.1) is 0 Å². The largest absolute Gasteiger partial charge is 0.480 e. The molecule has 0 aliphatic carbocycles. The summed E-state index contributed by atoms with van der Waals surface area (Å²) in [4.78, 5) is 29.5. The van der Waals surface area contributed by atoms with Crippen LogP contribution < -0.4 is 10.1 Å². The first kappa shape index (κ1) is 16.7. The highest BCUT2D eigenvalue weighted by Gasteiger charge is 2.14. The minimum Gasteiger partial charge on any atom is -0.480 e. The monoisotopic (exact) mass is 389 g/mol. The topological polar surface area (TPSA) is 76.6 Å². The van der Waals surface area contributed by atoms with Gasteiger partial charge in [0.15, 0.2) is 4.96 Å². The number of hydrogen-bond donors (Lipinski definition) is 1. The molecule has 0 radical (unpaired) electrons. The summed E-state index contributed by atoms with van der Waals surface area (Å²) < 4.78 is 3.91. The van der Waals surface area contributed by atoms with Crippen LogP contribution in [0.15, 0.2) is 53.5 Å². The average Bonchev–Trinajstić information content (AvgIpc) is 3.29. The van der Waals surface area contributed by atoms with E-state index in [1.807, 2.05) is 55.5 Å². The van der Waals surface area contributed by atoms with Crippen LogP contribution in [0.2, 0.25) is 0 Å². The van der Waals surface area contributed by atoms with Crippen molar-refractivity contribution in [2.75, 3.05) is 0 Å². The molecule has 0 bridgehead atoms. The zero-order chi connectivity index (χ0) is 19.4. The average molecular weight is 389 g/mol. The maximum absolute atomic E-state index is 13.0. The third kappa shape index (κ3) is 2.44. The van der Waals surface area contributed by atoms with E-state index >= 15 is 0 Å². The van der Waals surface area contributed by atoms with Gasteiger partial charge in [-0.05, 0) is 30.7 Å². The number of carboxylic acid groups (broad SMARTS) is 1. The third-order valence-electron chi connectivity index (χ3n) is 4.88. The number of carboxylic acids is 1. The van der Waals surface area contributed by atoms with Crippen molar-refractivity contribution in [3.8, 4) is 0 Å². The maximum atomic E-state index is 13.0. The summed E-state index contributed by atoms with van der Waals surface area (Å²) in [7, 11) is 0. The van der Waals surface area contributed by atoms with Gasteiger partial charge >= 0.3 is 5.97 Å². The number of aryl methyl sites for hydroxylation is 1. The second kappa shape index (κ2) is 6.03. The first-order valence-electron chi connectivity index (χ1n) is 8.75. The highest BCUT2D eigenvalue weighted by molar-refractivity contribution is 7.15. The van der Waals surface area contributed by atoms with E-state index in [0.717, 1.165) is 33.1 Å². The van der Waals surface area contributed by atoms with Crippen LogP contribution in [0.4, 0.5) is 0 Å². The quantitative estimate of drug-likeness (QED) is 0.515. The molecule has 1 N–H and O–H groups in total. The molecule has 0 spiro atoms. The Labute approximate surface area is 162 Å². The van der Waals surface area contributed by atoms with Gasteiger partial charge in [0.1, 0.15) is 6.54 Å². The van der Waals surface area contributed by atoms with Crippen LogP contribution in [-0.4, -0.2) is 25.0 Å². The molecular formula is C21H15N3O3S. The van der Waals surface area contributed by atoms with Gasteiger partial charge in [-0.25, -0.2) is 9.38 Å². The van der Waals surface area contributed by atoms with Gasteiger partial charge in [0.2, 0.25) is 0 Å². The normalized spacial score (nSPS) is 12.5. The number of fused-ring (bicyclic) bond motifs is 4. The van der Waals surface area contributed by atoms with E-state index in [1.165, 1.54) is 11.3 Å². The Balaban J connectivity index is 1.77. The number of aromatic nitrogens is 3. The number of hydrogen-bond acceptors (Lipinski definition) is 4. The molecule has 6 nitrogen and oxygen atoms in total. The number of benzene rings is 2. The second-order valence-electron chi connectivity index (χ2n) is 6.71. The summed E-state index contributed by atoms with van der Waals surface area (Å²) in [6.45, 7) is 1.85. The number of thiazole rings is 1. The maximum Gasteiger partial charge on any atom is 0.323 e. The minimum absolute atomic E-state index is 0.108. The molecule has 138 valence electrons. The van der Waals surface area contributed by atoms with Gasteiger partial charge in [-0.3, -0.25) is 9.59 Å². The van der Waals surface area contributed by atoms with Crippen LogP contribution in [-0.2, 0) is 11.3 Å². The molecule has 3 heterocycles. The summed E-state index contributed by atoms with van der Waals surface area (Å²) >= 11 is 1.34. The molecule has 5 rings (SSSR count). The van der Waals surface area contributed by atoms with Crippen LogP contribution >= 0.6 is 11.3 Å². The zero-order valence-electron chi connectivity index (χ0n) is 14.9. The van der Waals surface area contributed by atoms with Crippen molar-refractivity contribution >= 4 is 50.3 Å². The van der Waals surface area contributed by atoms with Crippen LogP contribution in [0.3, 0.4) is 0 Å². The molecule has 0 aliphatic rings. The zero-order valence-corrected chi connectivity index (χ0v) is 15.7. The Bertz CT molecular complexity index is 1510. The van der Waals surface area contributed by atoms with Gasteiger partial charge in [0.25, 0.3) is 5.56 Å². The number of rotatable bonds is 3. The molecular weight excluding hydrogens is 374 g/mol. The lowest BCUT2D eigenvalue weighted by Gasteiger charge is -1.99. The molecule has 2 aromatic carbocycles. The van der Waals surface area contributed by atoms with Gasteiger partial charge in [-0.1, -0.05) is 41.7 Å². The van der Waals surface area contributed by atoms with Gasteiger partial charge in [-0.2, -0.15) is 0 Å². The van der Waals surface area contributed by atoms with Crippen LogP contribution in [0.5, 0.6) is 0 Å². The first-order chi connectivity index (χ1) is 13.5. The lowest BCUT2D eigenvalue weighted by Crippen LogP contribution is -2.22. The molecule has 5 aromatic rings. The van der Waals surface area contributed by atoms with Crippen LogP contribution in [0, 0.1) is 6.92 Å². The number of aliphatic carboxylic acids is 1. The molecule has 0 atom stereocenters. The van der Waals surface area contributed by atoms with Crippen molar-refractivity contribution in [2.24, 2.45) is 0 Å². The second-order valence-corrected chi connectivity index (χ2v) is 7.72. The van der Waals surface area contributed by atoms with E-state index in [1.54, 1.807) is 15.2 Å². The summed E-state index contributed by atoms with van der Waals surface area (Å²) in [5, 5.41) is 10.1. The predicted octanol–water partition coefficient (Wildman–Crippen LogP) is 2.80. The fourth-order valence-electron chi connectivity index (χ4n) is 3.63. The molecule has 3 aromatic heterocycles. The lowest BCUT2D eigenvalue weighted by molar-refractivity contribution is -0.137. The van der Waals surface area contributed by atoms with E-state index in [-0.39, 0.29) is 12.1 Å². The molecule has 0 aliphatic heterocycles. The lowest BCUT2D eigenvalue weighted by atomic mass is 10.2. The molecule has 0 saturated heterocycles. The van der Waals surface area contributed by atoms with E-state index < -0.39 is 5.97 Å². The van der Waals surface area contributed by atoms with E-state index in [9.17, 15) is 9.59 Å². The van der Waals surface area contributed by atoms with Crippen molar-refractivity contribution in [3.05, 3.63) is 74.7 Å². The van der Waals surface area contributed by atoms with Gasteiger partial charge in [0.05, 0.1) is 15.6 Å². The van der Waals surface area contributed by atoms with Crippen LogP contribution in [0.25, 0.3) is 33.0 Å². The van der Waals surface area contributed by atoms with Crippen molar-refractivity contribution in [2.45, 2.75) is 13.5 Å². The standard InChI is InChI=1S/C21H15N3O3S/c1-12-5-4-8-16-19(12)22-21-24(16)20(27)17(28-21)9-13-10-23(11-18(25)26)15-7-3-2-6-14(13)15/h2-10H,11H2,1H3,(H,25,26). The molecule has 7 heteroatoms. The molecule has 28 heavy (non-hydrogen) atoms. The Hall–Kier alpha value is -3.45. The number of nitrogens with zero attached hydrogens (tertiary/aromatic N) is 3. The minimum atomic E-state index is -0.909. The number of carbonyl (C=O) groups is 1. The van der Waals surface area contributed by atoms with Gasteiger partial charge in [0, 0.05) is 22.7 Å². The van der Waals surface area contributed by atoms with Crippen molar-refractivity contribution in [1.29, 1.82) is 0 Å². The Kier molecular flexibility index (Phi) is 3.60. The van der Waals surface area contributed by atoms with Crippen molar-refractivity contribution in [3.63, 3.8) is 0 Å². The smallest absolute Gasteiger partial charge is 0.323 e. The summed E-state index contributed by atoms with van der Waals surface area (Å²) in [6, 6.07) is 13.4. The highest BCUT2D eigenvalue weighted by atomic mass is 32.1. The molecule has 0 fully saturated rings. The fraction of sp³-hybridized carbons (Fsp3) is 0.0952. The number of para-hydroxylation sites is 2. The Morgan fingerprint density at radius 2 is 1.96 bits per heavy atom. The van der Waals surface area contributed by atoms with E-state index in [2.05, 4.69) is 4.98 Å². The molecule has 0 saturated carbocycles. The fourth-order valence-corrected chi connectivity index (χ4v) is 4.60. The van der Waals surface area contributed by atoms with Crippen molar-refractivity contribution in [1.82, 2.24) is 14.0 Å². The molecule has 0 amide bonds.